The van der Waals surface area contributed by atoms with Crippen molar-refractivity contribution in [1.82, 2.24) is 14.1 Å². The average Bonchev–Trinajstić information content (AvgIpc) is 2.78. The first kappa shape index (κ1) is 23.1. The Morgan fingerprint density at radius 2 is 1.68 bits per heavy atom. The van der Waals surface area contributed by atoms with Gasteiger partial charge >= 0.3 is 0 Å². The maximum atomic E-state index is 13.1. The SMILES string of the molecule is CCN(CC(=O)N1CCN(C/C=C/c2ccccc2)CC1)S(=O)(=O)c1ccc(F)cc1. The molecule has 1 heterocycles. The van der Waals surface area contributed by atoms with Crippen LogP contribution in [0.15, 0.2) is 65.6 Å². The number of carbonyl (C=O) groups excluding carboxylic acids is 1. The van der Waals surface area contributed by atoms with Crippen molar-refractivity contribution in [1.29, 1.82) is 0 Å². The Kier molecular flexibility index (Phi) is 7.95. The highest BCUT2D eigenvalue weighted by molar-refractivity contribution is 7.89. The summed E-state index contributed by atoms with van der Waals surface area (Å²) in [6.07, 6.45) is 4.19. The van der Waals surface area contributed by atoms with Crippen molar-refractivity contribution in [2.75, 3.05) is 45.8 Å². The fraction of sp³-hybridized carbons (Fsp3) is 0.348. The topological polar surface area (TPSA) is 60.9 Å². The monoisotopic (exact) mass is 445 g/mol. The first-order chi connectivity index (χ1) is 14.9. The van der Waals surface area contributed by atoms with Gasteiger partial charge in [0, 0.05) is 39.3 Å². The van der Waals surface area contributed by atoms with E-state index in [9.17, 15) is 17.6 Å². The van der Waals surface area contributed by atoms with E-state index in [2.05, 4.69) is 17.1 Å². The minimum Gasteiger partial charge on any atom is -0.339 e. The third kappa shape index (κ3) is 6.22. The van der Waals surface area contributed by atoms with Crippen LogP contribution in [0.3, 0.4) is 0 Å². The van der Waals surface area contributed by atoms with E-state index >= 15 is 0 Å². The van der Waals surface area contributed by atoms with Gasteiger partial charge in [0.2, 0.25) is 15.9 Å². The number of halogens is 1. The standard InChI is InChI=1S/C23H28FN3O3S/c1-2-27(31(29,30)22-12-10-21(24)11-13-22)19-23(28)26-17-15-25(16-18-26)14-6-9-20-7-4-3-5-8-20/h3-13H,2,14-19H2,1H3/b9-6+. The van der Waals surface area contributed by atoms with Gasteiger partial charge in [-0.3, -0.25) is 9.69 Å². The largest absolute Gasteiger partial charge is 0.339 e. The van der Waals surface area contributed by atoms with Gasteiger partial charge in [-0.1, -0.05) is 49.4 Å². The molecule has 0 N–H and O–H groups in total. The lowest BCUT2D eigenvalue weighted by Crippen LogP contribution is -2.51. The molecule has 0 unspecified atom stereocenters. The summed E-state index contributed by atoms with van der Waals surface area (Å²) in [6.45, 7) is 5.03. The van der Waals surface area contributed by atoms with Gasteiger partial charge in [-0.05, 0) is 29.8 Å². The van der Waals surface area contributed by atoms with Crippen LogP contribution >= 0.6 is 0 Å². The molecule has 1 fully saturated rings. The molecule has 1 aliphatic rings. The van der Waals surface area contributed by atoms with E-state index < -0.39 is 15.8 Å². The van der Waals surface area contributed by atoms with Crippen molar-refractivity contribution in [3.63, 3.8) is 0 Å². The Hall–Kier alpha value is -2.55. The minimum atomic E-state index is -3.85. The number of carbonyl (C=O) groups is 1. The molecule has 0 radical (unpaired) electrons. The van der Waals surface area contributed by atoms with Gasteiger partial charge < -0.3 is 4.90 Å². The van der Waals surface area contributed by atoms with Crippen LogP contribution in [0.1, 0.15) is 12.5 Å². The van der Waals surface area contributed by atoms with Crippen LogP contribution in [-0.4, -0.2) is 74.2 Å². The van der Waals surface area contributed by atoms with Gasteiger partial charge in [0.05, 0.1) is 11.4 Å². The summed E-state index contributed by atoms with van der Waals surface area (Å²) in [5.41, 5.74) is 1.15. The predicted molar refractivity (Wildman–Crippen MR) is 119 cm³/mol. The third-order valence-electron chi connectivity index (χ3n) is 5.31. The van der Waals surface area contributed by atoms with E-state index in [0.717, 1.165) is 41.6 Å². The average molecular weight is 446 g/mol. The molecule has 2 aromatic carbocycles. The zero-order valence-electron chi connectivity index (χ0n) is 17.7. The number of nitrogens with zero attached hydrogens (tertiary/aromatic N) is 3. The summed E-state index contributed by atoms with van der Waals surface area (Å²) in [5, 5.41) is 0. The van der Waals surface area contributed by atoms with Gasteiger partial charge in [-0.15, -0.1) is 0 Å². The Morgan fingerprint density at radius 3 is 2.29 bits per heavy atom. The Morgan fingerprint density at radius 1 is 1.03 bits per heavy atom. The van der Waals surface area contributed by atoms with Gasteiger partial charge in [0.1, 0.15) is 5.82 Å². The van der Waals surface area contributed by atoms with Crippen molar-refractivity contribution in [2.24, 2.45) is 0 Å². The van der Waals surface area contributed by atoms with Crippen molar-refractivity contribution in [3.05, 3.63) is 72.1 Å². The predicted octanol–water partition coefficient (Wildman–Crippen LogP) is 2.69. The van der Waals surface area contributed by atoms with E-state index in [1.54, 1.807) is 11.8 Å². The number of hydrogen-bond donors (Lipinski definition) is 0. The Balaban J connectivity index is 1.51. The fourth-order valence-corrected chi connectivity index (χ4v) is 4.85. The highest BCUT2D eigenvalue weighted by atomic mass is 32.2. The Bertz CT molecular complexity index is 986. The second kappa shape index (κ2) is 10.7. The molecule has 0 spiro atoms. The number of likely N-dealkylation sites (N-methyl/N-ethyl adjacent to an activating group) is 1. The number of rotatable bonds is 8. The zero-order chi connectivity index (χ0) is 22.3. The number of piperazine rings is 1. The van der Waals surface area contributed by atoms with E-state index in [4.69, 9.17) is 0 Å². The van der Waals surface area contributed by atoms with Gasteiger partial charge in [-0.25, -0.2) is 12.8 Å². The molecule has 2 aromatic rings. The first-order valence-corrected chi connectivity index (χ1v) is 11.8. The maximum Gasteiger partial charge on any atom is 0.243 e. The highest BCUT2D eigenvalue weighted by Gasteiger charge is 2.28. The van der Waals surface area contributed by atoms with Crippen LogP contribution in [0, 0.1) is 5.82 Å². The quantitative estimate of drug-likeness (QED) is 0.627. The molecule has 1 amide bonds. The molecular formula is C23H28FN3O3S. The molecule has 1 aliphatic heterocycles. The van der Waals surface area contributed by atoms with Crippen LogP contribution in [0.5, 0.6) is 0 Å². The molecule has 6 nitrogen and oxygen atoms in total. The van der Waals surface area contributed by atoms with Crippen LogP contribution < -0.4 is 0 Å². The molecule has 8 heteroatoms. The number of benzene rings is 2. The molecular weight excluding hydrogens is 417 g/mol. The Labute approximate surface area is 183 Å². The second-order valence-electron chi connectivity index (χ2n) is 7.38. The normalized spacial score (nSPS) is 15.6. The summed E-state index contributed by atoms with van der Waals surface area (Å²) in [6, 6.07) is 14.7. The van der Waals surface area contributed by atoms with Crippen LogP contribution in [0.25, 0.3) is 6.08 Å². The van der Waals surface area contributed by atoms with Crippen molar-refractivity contribution >= 4 is 22.0 Å². The molecule has 0 saturated carbocycles. The smallest absolute Gasteiger partial charge is 0.243 e. The lowest BCUT2D eigenvalue weighted by Gasteiger charge is -2.35. The summed E-state index contributed by atoms with van der Waals surface area (Å²) in [7, 11) is -3.85. The molecule has 0 bridgehead atoms. The summed E-state index contributed by atoms with van der Waals surface area (Å²) in [4.78, 5) is 16.7. The molecule has 166 valence electrons. The van der Waals surface area contributed by atoms with Gasteiger partial charge in [0.25, 0.3) is 0 Å². The van der Waals surface area contributed by atoms with Gasteiger partial charge in [-0.2, -0.15) is 4.31 Å². The molecule has 0 atom stereocenters. The number of amides is 1. The van der Waals surface area contributed by atoms with E-state index in [0.29, 0.717) is 13.1 Å². The zero-order valence-corrected chi connectivity index (χ0v) is 18.5. The molecule has 31 heavy (non-hydrogen) atoms. The molecule has 0 aliphatic carbocycles. The van der Waals surface area contributed by atoms with Crippen molar-refractivity contribution in [2.45, 2.75) is 11.8 Å². The summed E-state index contributed by atoms with van der Waals surface area (Å²) < 4.78 is 39.9. The van der Waals surface area contributed by atoms with Gasteiger partial charge in [0.15, 0.2) is 0 Å². The number of hydrogen-bond acceptors (Lipinski definition) is 4. The lowest BCUT2D eigenvalue weighted by atomic mass is 10.2. The summed E-state index contributed by atoms with van der Waals surface area (Å²) in [5.74, 6) is -0.721. The van der Waals surface area contributed by atoms with E-state index in [1.165, 1.54) is 12.1 Å². The second-order valence-corrected chi connectivity index (χ2v) is 9.32. The van der Waals surface area contributed by atoms with Crippen molar-refractivity contribution in [3.8, 4) is 0 Å². The maximum absolute atomic E-state index is 13.1. The van der Waals surface area contributed by atoms with Crippen molar-refractivity contribution < 1.29 is 17.6 Å². The van der Waals surface area contributed by atoms with Crippen LogP contribution in [-0.2, 0) is 14.8 Å². The fourth-order valence-electron chi connectivity index (χ4n) is 3.46. The van der Waals surface area contributed by atoms with E-state index in [-0.39, 0.29) is 23.9 Å². The molecule has 3 rings (SSSR count). The summed E-state index contributed by atoms with van der Waals surface area (Å²) >= 11 is 0. The molecule has 0 aromatic heterocycles. The van der Waals surface area contributed by atoms with Crippen LogP contribution in [0.4, 0.5) is 4.39 Å². The third-order valence-corrected chi connectivity index (χ3v) is 7.25. The highest BCUT2D eigenvalue weighted by Crippen LogP contribution is 2.16. The molecule has 1 saturated heterocycles. The van der Waals surface area contributed by atoms with Crippen LogP contribution in [0.2, 0.25) is 0 Å². The van der Waals surface area contributed by atoms with E-state index in [1.807, 2.05) is 30.3 Å². The minimum absolute atomic E-state index is 0.0152. The first-order valence-electron chi connectivity index (χ1n) is 10.4. The lowest BCUT2D eigenvalue weighted by molar-refractivity contribution is -0.133. The number of sulfonamides is 1.